The van der Waals surface area contributed by atoms with Crippen LogP contribution in [-0.2, 0) is 4.79 Å². The van der Waals surface area contributed by atoms with E-state index in [-0.39, 0.29) is 27.6 Å². The Hall–Kier alpha value is -3.38. The van der Waals surface area contributed by atoms with Crippen LogP contribution in [0.3, 0.4) is 0 Å². The molecule has 13 heteroatoms. The molecule has 2 atom stereocenters. The second kappa shape index (κ2) is 10.1. The van der Waals surface area contributed by atoms with Crippen molar-refractivity contribution in [1.29, 1.82) is 0 Å². The van der Waals surface area contributed by atoms with Crippen LogP contribution in [0, 0.1) is 12.3 Å². The quantitative estimate of drug-likeness (QED) is 0.467. The number of hydrogen-bond acceptors (Lipinski definition) is 7. The summed E-state index contributed by atoms with van der Waals surface area (Å²) in [5.74, 6) is -0.588. The SMILES string of the molecule is Cc1ccn(-c2cc(Cl)ccc2[C@@H](Oc2cnc(N3CCC4(CC3)CNC(C(=O)O)C4)cn2)C(F)(F)F)n1. The van der Waals surface area contributed by atoms with Crippen molar-refractivity contribution in [2.45, 2.75) is 44.5 Å². The summed E-state index contributed by atoms with van der Waals surface area (Å²) in [6.07, 6.45) is -0.798. The summed E-state index contributed by atoms with van der Waals surface area (Å²) in [6, 6.07) is 5.19. The number of carboxylic acids is 1. The van der Waals surface area contributed by atoms with Crippen molar-refractivity contribution in [2.24, 2.45) is 5.41 Å². The van der Waals surface area contributed by atoms with E-state index in [9.17, 15) is 23.1 Å². The van der Waals surface area contributed by atoms with E-state index in [4.69, 9.17) is 16.3 Å². The highest BCUT2D eigenvalue weighted by Gasteiger charge is 2.45. The Balaban J connectivity index is 1.31. The molecular formula is C25H26ClF3N6O3. The summed E-state index contributed by atoms with van der Waals surface area (Å²) < 4.78 is 49.3. The van der Waals surface area contributed by atoms with E-state index in [1.807, 2.05) is 4.90 Å². The van der Waals surface area contributed by atoms with Crippen LogP contribution in [0.1, 0.15) is 36.6 Å². The summed E-state index contributed by atoms with van der Waals surface area (Å²) in [6.45, 7) is 3.67. The van der Waals surface area contributed by atoms with Crippen molar-refractivity contribution in [3.05, 3.63) is 59.1 Å². The maximum Gasteiger partial charge on any atom is 0.429 e. The number of aromatic nitrogens is 4. The van der Waals surface area contributed by atoms with Crippen molar-refractivity contribution < 1.29 is 27.8 Å². The molecule has 1 unspecified atom stereocenters. The second-order valence-corrected chi connectivity index (χ2v) is 10.3. The van der Waals surface area contributed by atoms with Crippen LogP contribution in [-0.4, -0.2) is 62.7 Å². The number of anilines is 1. The molecule has 0 radical (unpaired) electrons. The minimum atomic E-state index is -4.75. The van der Waals surface area contributed by atoms with Gasteiger partial charge in [-0.3, -0.25) is 4.79 Å². The molecule has 0 amide bonds. The smallest absolute Gasteiger partial charge is 0.429 e. The number of aliphatic carboxylic acids is 1. The number of nitrogens with zero attached hydrogens (tertiary/aromatic N) is 5. The number of ether oxygens (including phenoxy) is 1. The minimum absolute atomic E-state index is 0.0701. The van der Waals surface area contributed by atoms with Gasteiger partial charge in [0.2, 0.25) is 12.0 Å². The molecule has 3 aromatic rings. The number of carboxylic acid groups (broad SMARTS) is 1. The largest absolute Gasteiger partial charge is 0.480 e. The van der Waals surface area contributed by atoms with Crippen molar-refractivity contribution >= 4 is 23.4 Å². The lowest BCUT2D eigenvalue weighted by atomic mass is 9.76. The van der Waals surface area contributed by atoms with Crippen LogP contribution in [0.5, 0.6) is 5.88 Å². The van der Waals surface area contributed by atoms with Crippen molar-refractivity contribution in [3.8, 4) is 11.6 Å². The summed E-state index contributed by atoms with van der Waals surface area (Å²) in [7, 11) is 0. The summed E-state index contributed by atoms with van der Waals surface area (Å²) in [5, 5.41) is 16.8. The predicted molar refractivity (Wildman–Crippen MR) is 133 cm³/mol. The Morgan fingerprint density at radius 2 is 2.00 bits per heavy atom. The third kappa shape index (κ3) is 5.41. The third-order valence-electron chi connectivity index (χ3n) is 7.20. The molecule has 2 fully saturated rings. The topological polar surface area (TPSA) is 105 Å². The maximum absolute atomic E-state index is 14.2. The number of benzene rings is 1. The molecular weight excluding hydrogens is 525 g/mol. The summed E-state index contributed by atoms with van der Waals surface area (Å²) in [4.78, 5) is 21.7. The molecule has 5 rings (SSSR count). The number of alkyl halides is 3. The molecule has 2 aromatic heterocycles. The Kier molecular flexibility index (Phi) is 6.95. The molecule has 0 saturated carbocycles. The van der Waals surface area contributed by atoms with E-state index in [1.165, 1.54) is 35.3 Å². The first-order chi connectivity index (χ1) is 18.0. The molecule has 2 aliphatic heterocycles. The van der Waals surface area contributed by atoms with Crippen LogP contribution in [0.25, 0.3) is 5.69 Å². The first-order valence-electron chi connectivity index (χ1n) is 12.1. The Morgan fingerprint density at radius 3 is 2.58 bits per heavy atom. The lowest BCUT2D eigenvalue weighted by molar-refractivity contribution is -0.198. The fraction of sp³-hybridized carbons (Fsp3) is 0.440. The average Bonchev–Trinajstić information content (AvgIpc) is 3.50. The highest BCUT2D eigenvalue weighted by molar-refractivity contribution is 6.30. The third-order valence-corrected chi connectivity index (χ3v) is 7.44. The lowest BCUT2D eigenvalue weighted by Gasteiger charge is -2.39. The number of aryl methyl sites for hydroxylation is 1. The van der Waals surface area contributed by atoms with E-state index < -0.39 is 24.3 Å². The van der Waals surface area contributed by atoms with Gasteiger partial charge in [-0.2, -0.15) is 18.3 Å². The van der Waals surface area contributed by atoms with E-state index in [1.54, 1.807) is 19.2 Å². The summed E-state index contributed by atoms with van der Waals surface area (Å²) >= 11 is 6.08. The number of halogens is 4. The number of rotatable bonds is 6. The molecule has 4 heterocycles. The van der Waals surface area contributed by atoms with Crippen LogP contribution in [0.4, 0.5) is 19.0 Å². The van der Waals surface area contributed by atoms with Crippen LogP contribution in [0.2, 0.25) is 5.02 Å². The molecule has 2 saturated heterocycles. The van der Waals surface area contributed by atoms with Gasteiger partial charge in [0.15, 0.2) is 0 Å². The number of nitrogens with one attached hydrogen (secondary N) is 1. The van der Waals surface area contributed by atoms with E-state index >= 15 is 0 Å². The van der Waals surface area contributed by atoms with Crippen molar-refractivity contribution in [2.75, 3.05) is 24.5 Å². The van der Waals surface area contributed by atoms with Gasteiger partial charge >= 0.3 is 12.1 Å². The molecule has 1 spiro atoms. The van der Waals surface area contributed by atoms with Gasteiger partial charge in [-0.05, 0) is 49.8 Å². The molecule has 2 N–H and O–H groups in total. The van der Waals surface area contributed by atoms with Gasteiger partial charge in [-0.1, -0.05) is 17.7 Å². The van der Waals surface area contributed by atoms with Crippen molar-refractivity contribution in [3.63, 3.8) is 0 Å². The fourth-order valence-corrected chi connectivity index (χ4v) is 5.30. The van der Waals surface area contributed by atoms with E-state index in [0.717, 1.165) is 12.8 Å². The second-order valence-electron chi connectivity index (χ2n) is 9.82. The average molecular weight is 551 g/mol. The highest BCUT2D eigenvalue weighted by atomic mass is 35.5. The zero-order valence-corrected chi connectivity index (χ0v) is 21.2. The Bertz CT molecular complexity index is 1310. The molecule has 0 bridgehead atoms. The standard InChI is InChI=1S/C25H26ClF3N6O3/c1-15-4-7-35(33-15)19-10-16(26)2-3-17(19)22(25(27,28)29)38-21-13-30-20(12-31-21)34-8-5-24(6-9-34)11-18(23(36)37)32-14-24/h2-4,7,10,12-13,18,22,32H,5-6,8-9,11,14H2,1H3,(H,36,37)/t18?,22-/m1/s1. The zero-order chi connectivity index (χ0) is 27.1. The number of hydrogen-bond donors (Lipinski definition) is 2. The van der Waals surface area contributed by atoms with Crippen LogP contribution >= 0.6 is 11.6 Å². The molecule has 2 aliphatic rings. The highest BCUT2D eigenvalue weighted by Crippen LogP contribution is 2.41. The van der Waals surface area contributed by atoms with Gasteiger partial charge in [0, 0.05) is 36.4 Å². The predicted octanol–water partition coefficient (Wildman–Crippen LogP) is 4.34. The normalized spacial score (nSPS) is 20.0. The Morgan fingerprint density at radius 1 is 1.24 bits per heavy atom. The first kappa shape index (κ1) is 26.2. The molecule has 0 aliphatic carbocycles. The minimum Gasteiger partial charge on any atom is -0.480 e. The molecule has 202 valence electrons. The molecule has 38 heavy (non-hydrogen) atoms. The zero-order valence-electron chi connectivity index (χ0n) is 20.5. The summed E-state index contributed by atoms with van der Waals surface area (Å²) in [5.41, 5.74) is 0.545. The van der Waals surface area contributed by atoms with Gasteiger partial charge < -0.3 is 20.1 Å². The maximum atomic E-state index is 14.2. The van der Waals surface area contributed by atoms with E-state index in [2.05, 4.69) is 20.4 Å². The number of piperidine rings is 1. The Labute approximate surface area is 221 Å². The van der Waals surface area contributed by atoms with Gasteiger partial charge in [0.05, 0.1) is 23.8 Å². The first-order valence-corrected chi connectivity index (χ1v) is 12.5. The molecule has 9 nitrogen and oxygen atoms in total. The number of carbonyl (C=O) groups is 1. The van der Waals surface area contributed by atoms with Gasteiger partial charge in [-0.25, -0.2) is 14.6 Å². The monoisotopic (exact) mass is 550 g/mol. The van der Waals surface area contributed by atoms with Gasteiger partial charge in [0.25, 0.3) is 0 Å². The van der Waals surface area contributed by atoms with E-state index in [0.29, 0.717) is 37.6 Å². The lowest BCUT2D eigenvalue weighted by Crippen LogP contribution is -2.41. The fourth-order valence-electron chi connectivity index (χ4n) is 5.13. The molecule has 1 aromatic carbocycles. The van der Waals surface area contributed by atoms with Gasteiger partial charge in [0.1, 0.15) is 11.9 Å². The van der Waals surface area contributed by atoms with Crippen LogP contribution < -0.4 is 15.0 Å². The van der Waals surface area contributed by atoms with Crippen molar-refractivity contribution in [1.82, 2.24) is 25.1 Å². The van der Waals surface area contributed by atoms with Crippen LogP contribution in [0.15, 0.2) is 42.9 Å². The van der Waals surface area contributed by atoms with Gasteiger partial charge in [-0.15, -0.1) is 0 Å².